The molecule has 1 amide bonds. The molecule has 0 unspecified atom stereocenters. The van der Waals surface area contributed by atoms with E-state index in [1.807, 2.05) is 13.0 Å². The molecule has 5 rings (SSSR count). The van der Waals surface area contributed by atoms with Gasteiger partial charge in [0, 0.05) is 31.1 Å². The monoisotopic (exact) mass is 716 g/mol. The Morgan fingerprint density at radius 3 is 2.44 bits per heavy atom. The second-order valence-corrected chi connectivity index (χ2v) is 14.2. The fraction of sp³-hybridized carbons (Fsp3) is 0.410. The Morgan fingerprint density at radius 1 is 1.10 bits per heavy atom. The van der Waals surface area contributed by atoms with E-state index in [1.165, 1.54) is 30.1 Å². The van der Waals surface area contributed by atoms with Gasteiger partial charge >= 0.3 is 6.18 Å². The number of quaternary nitrogens is 1. The maximum Gasteiger partial charge on any atom is 0.416 e. The number of carbonyl (C=O) groups excluding carboxylic acids is 1. The van der Waals surface area contributed by atoms with Crippen molar-refractivity contribution in [3.8, 4) is 11.8 Å². The highest BCUT2D eigenvalue weighted by atomic mass is 19.4. The molecule has 52 heavy (non-hydrogen) atoms. The number of alkyl halides is 3. The van der Waals surface area contributed by atoms with Gasteiger partial charge in [-0.05, 0) is 93.5 Å². The van der Waals surface area contributed by atoms with Gasteiger partial charge in [-0.2, -0.15) is 23.5 Å². The SMILES string of the molecule is CN=C(/C(C(=O)Nc1cccc(C(F)(F)F)c1)=C(\O)CCCC1CCC(C[N+](C)(C)Cc2cc(C)on2)CC1)c1ccnn1-c1ccc(C#N)cc1. The van der Waals surface area contributed by atoms with E-state index < -0.39 is 17.6 Å². The van der Waals surface area contributed by atoms with Gasteiger partial charge in [-0.25, -0.2) is 4.68 Å². The summed E-state index contributed by atoms with van der Waals surface area (Å²) in [6.07, 6.45) is 2.94. The molecule has 0 spiro atoms. The summed E-state index contributed by atoms with van der Waals surface area (Å²) in [6, 6.07) is 16.7. The molecule has 2 N–H and O–H groups in total. The first-order chi connectivity index (χ1) is 24.8. The van der Waals surface area contributed by atoms with E-state index in [2.05, 4.69) is 40.7 Å². The molecular formula is C39H45F3N7O3+. The van der Waals surface area contributed by atoms with E-state index in [1.54, 1.807) is 30.3 Å². The summed E-state index contributed by atoms with van der Waals surface area (Å²) >= 11 is 0. The summed E-state index contributed by atoms with van der Waals surface area (Å²) in [4.78, 5) is 18.3. The predicted octanol–water partition coefficient (Wildman–Crippen LogP) is 8.18. The van der Waals surface area contributed by atoms with Crippen molar-refractivity contribution >= 4 is 17.3 Å². The van der Waals surface area contributed by atoms with Crippen LogP contribution in [0, 0.1) is 30.1 Å². The van der Waals surface area contributed by atoms with Crippen molar-refractivity contribution in [2.75, 3.05) is 33.0 Å². The number of amides is 1. The molecule has 1 fully saturated rings. The lowest BCUT2D eigenvalue weighted by Crippen LogP contribution is -2.43. The number of nitrogens with zero attached hydrogens (tertiary/aromatic N) is 6. The summed E-state index contributed by atoms with van der Waals surface area (Å²) < 4.78 is 48.0. The van der Waals surface area contributed by atoms with Crippen LogP contribution in [0.3, 0.4) is 0 Å². The van der Waals surface area contributed by atoms with Gasteiger partial charge < -0.3 is 19.4 Å². The normalized spacial score (nSPS) is 17.4. The molecule has 13 heteroatoms. The number of allylic oxidation sites excluding steroid dienone is 1. The van der Waals surface area contributed by atoms with Crippen molar-refractivity contribution in [1.82, 2.24) is 14.9 Å². The average Bonchev–Trinajstić information content (AvgIpc) is 3.75. The van der Waals surface area contributed by atoms with Crippen LogP contribution in [0.25, 0.3) is 5.69 Å². The zero-order valence-corrected chi connectivity index (χ0v) is 30.0. The first-order valence-electron chi connectivity index (χ1n) is 17.4. The molecule has 0 atom stereocenters. The lowest BCUT2D eigenvalue weighted by molar-refractivity contribution is -0.907. The van der Waals surface area contributed by atoms with Gasteiger partial charge in [-0.1, -0.05) is 17.6 Å². The Hall–Kier alpha value is -5.22. The number of nitriles is 1. The largest absolute Gasteiger partial charge is 0.511 e. The second-order valence-electron chi connectivity index (χ2n) is 14.2. The third-order valence-corrected chi connectivity index (χ3v) is 9.56. The molecule has 0 radical (unpaired) electrons. The van der Waals surface area contributed by atoms with Gasteiger partial charge in [0.1, 0.15) is 29.3 Å². The number of aromatic nitrogens is 3. The van der Waals surface area contributed by atoms with Crippen LogP contribution in [0.4, 0.5) is 18.9 Å². The van der Waals surface area contributed by atoms with Crippen LogP contribution in [-0.4, -0.2) is 63.8 Å². The Balaban J connectivity index is 1.30. The van der Waals surface area contributed by atoms with Gasteiger partial charge in [0.2, 0.25) is 0 Å². The highest BCUT2D eigenvalue weighted by Gasteiger charge is 2.32. The minimum atomic E-state index is -4.60. The summed E-state index contributed by atoms with van der Waals surface area (Å²) in [5.41, 5.74) is 1.36. The lowest BCUT2D eigenvalue weighted by atomic mass is 9.79. The number of benzene rings is 2. The van der Waals surface area contributed by atoms with Crippen LogP contribution in [0.1, 0.15) is 73.2 Å². The molecule has 4 aromatic rings. The minimum absolute atomic E-state index is 0.0733. The van der Waals surface area contributed by atoms with Gasteiger partial charge in [-0.3, -0.25) is 9.79 Å². The van der Waals surface area contributed by atoms with E-state index in [0.29, 0.717) is 35.2 Å². The number of anilines is 1. The maximum atomic E-state index is 13.9. The number of rotatable bonds is 13. The molecule has 1 saturated carbocycles. The number of aliphatic imine (C=N–C) groups is 1. The minimum Gasteiger partial charge on any atom is -0.511 e. The van der Waals surface area contributed by atoms with Crippen LogP contribution in [0.2, 0.25) is 0 Å². The van der Waals surface area contributed by atoms with Crippen LogP contribution in [0.15, 0.2) is 87.7 Å². The van der Waals surface area contributed by atoms with Crippen LogP contribution >= 0.6 is 0 Å². The zero-order valence-electron chi connectivity index (χ0n) is 30.0. The number of carbonyl (C=O) groups is 1. The Morgan fingerprint density at radius 2 is 1.81 bits per heavy atom. The van der Waals surface area contributed by atoms with Gasteiger partial charge in [0.05, 0.1) is 61.1 Å². The number of hydrogen-bond acceptors (Lipinski definition) is 7. The highest BCUT2D eigenvalue weighted by molar-refractivity contribution is 6.30. The average molecular weight is 717 g/mol. The number of aryl methyl sites for hydroxylation is 1. The zero-order chi connectivity index (χ0) is 37.5. The van der Waals surface area contributed by atoms with Crippen molar-refractivity contribution < 1.29 is 32.1 Å². The lowest BCUT2D eigenvalue weighted by Gasteiger charge is -2.36. The van der Waals surface area contributed by atoms with E-state index in [-0.39, 0.29) is 29.2 Å². The molecule has 2 heterocycles. The Kier molecular flexibility index (Phi) is 12.0. The summed E-state index contributed by atoms with van der Waals surface area (Å²) in [6.45, 7) is 3.75. The number of hydrogen-bond donors (Lipinski definition) is 2. The van der Waals surface area contributed by atoms with E-state index in [4.69, 9.17) is 4.52 Å². The smallest absolute Gasteiger partial charge is 0.416 e. The molecule has 1 aliphatic carbocycles. The Bertz CT molecular complexity index is 1940. The molecule has 0 aliphatic heterocycles. The third kappa shape index (κ3) is 9.76. The van der Waals surface area contributed by atoms with Crippen molar-refractivity contribution in [2.45, 2.75) is 64.6 Å². The first-order valence-corrected chi connectivity index (χ1v) is 17.4. The van der Waals surface area contributed by atoms with Crippen LogP contribution in [-0.2, 0) is 17.5 Å². The molecule has 2 aromatic carbocycles. The predicted molar refractivity (Wildman–Crippen MR) is 192 cm³/mol. The second kappa shape index (κ2) is 16.4. The van der Waals surface area contributed by atoms with Crippen molar-refractivity contribution in [1.29, 1.82) is 5.26 Å². The molecule has 0 bridgehead atoms. The summed E-state index contributed by atoms with van der Waals surface area (Å²) in [5.74, 6) is 0.883. The topological polar surface area (TPSA) is 129 Å². The summed E-state index contributed by atoms with van der Waals surface area (Å²) in [5, 5.41) is 31.9. The molecular weight excluding hydrogens is 671 g/mol. The Labute approximate surface area is 301 Å². The number of halogens is 3. The number of aliphatic hydroxyl groups is 1. The van der Waals surface area contributed by atoms with Gasteiger partial charge in [-0.15, -0.1) is 0 Å². The third-order valence-electron chi connectivity index (χ3n) is 9.56. The van der Waals surface area contributed by atoms with Crippen molar-refractivity contribution in [3.05, 3.63) is 106 Å². The fourth-order valence-corrected chi connectivity index (χ4v) is 7.14. The molecule has 2 aromatic heterocycles. The fourth-order valence-electron chi connectivity index (χ4n) is 7.14. The number of aliphatic hydroxyl groups excluding tert-OH is 1. The molecule has 1 aliphatic rings. The van der Waals surface area contributed by atoms with Crippen molar-refractivity contribution in [3.63, 3.8) is 0 Å². The summed E-state index contributed by atoms with van der Waals surface area (Å²) in [7, 11) is 5.91. The van der Waals surface area contributed by atoms with E-state index in [0.717, 1.165) is 73.3 Å². The van der Waals surface area contributed by atoms with Crippen LogP contribution < -0.4 is 5.32 Å². The van der Waals surface area contributed by atoms with Crippen molar-refractivity contribution in [2.24, 2.45) is 16.8 Å². The highest BCUT2D eigenvalue weighted by Crippen LogP contribution is 2.34. The van der Waals surface area contributed by atoms with E-state index >= 15 is 0 Å². The van der Waals surface area contributed by atoms with Gasteiger partial charge in [0.15, 0.2) is 0 Å². The number of nitrogens with one attached hydrogen (secondary N) is 1. The maximum absolute atomic E-state index is 13.9. The molecule has 10 nitrogen and oxygen atoms in total. The van der Waals surface area contributed by atoms with Crippen LogP contribution in [0.5, 0.6) is 0 Å². The first kappa shape index (κ1) is 38.0. The van der Waals surface area contributed by atoms with E-state index in [9.17, 15) is 28.3 Å². The quantitative estimate of drug-likeness (QED) is 0.0622. The van der Waals surface area contributed by atoms with Gasteiger partial charge in [0.25, 0.3) is 5.91 Å². The molecule has 0 saturated heterocycles. The standard InChI is InChI=1S/C39H44F3N7O3/c1-26-21-32(47-52-26)25-49(3,4)24-29-13-11-27(12-14-29)7-5-10-35(50)36(38(51)46-31-9-6-8-30(22-31)39(40,41)42)37(44-2)34-19-20-45-48(34)33-17-15-28(23-43)16-18-33/h6,8-9,15-22,27,29H,5,7,10-14,24-25H2,1-4H3,(H-,44,46,50,51)/p+1. The molecule has 274 valence electrons.